The minimum Gasteiger partial charge on any atom is -0.343 e. The lowest BCUT2D eigenvalue weighted by atomic mass is 10.1. The number of carbonyl (C=O) groups excluding carboxylic acids is 1. The molecule has 0 aliphatic carbocycles. The molecule has 0 saturated carbocycles. The summed E-state index contributed by atoms with van der Waals surface area (Å²) in [7, 11) is 4.20. The zero-order valence-electron chi connectivity index (χ0n) is 31.4. The van der Waals surface area contributed by atoms with Crippen molar-refractivity contribution in [2.24, 2.45) is 0 Å². The summed E-state index contributed by atoms with van der Waals surface area (Å²) in [5.74, 6) is 0.386. The number of carbonyl (C=O) groups is 1. The van der Waals surface area contributed by atoms with Crippen molar-refractivity contribution in [3.63, 3.8) is 0 Å². The van der Waals surface area contributed by atoms with Crippen LogP contribution in [0.3, 0.4) is 0 Å². The van der Waals surface area contributed by atoms with Gasteiger partial charge in [-0.2, -0.15) is 0 Å². The molecule has 0 spiro atoms. The largest absolute Gasteiger partial charge is 0.343 e. The zero-order chi connectivity index (χ0) is 32.9. The van der Waals surface area contributed by atoms with Crippen LogP contribution in [0.15, 0.2) is 24.3 Å². The average Bonchev–Trinajstić information content (AvgIpc) is 3.03. The van der Waals surface area contributed by atoms with Crippen molar-refractivity contribution in [3.8, 4) is 0 Å². The summed E-state index contributed by atoms with van der Waals surface area (Å²) >= 11 is 0. The second-order valence-corrected chi connectivity index (χ2v) is 14.2. The van der Waals surface area contributed by atoms with Crippen molar-refractivity contribution >= 4 is 5.91 Å². The number of amides is 1. The van der Waals surface area contributed by atoms with Gasteiger partial charge in [0.1, 0.15) is 0 Å². The van der Waals surface area contributed by atoms with E-state index in [1.807, 2.05) is 0 Å². The van der Waals surface area contributed by atoms with E-state index >= 15 is 0 Å². The molecule has 0 aromatic rings. The summed E-state index contributed by atoms with van der Waals surface area (Å²) in [6.45, 7) is 7.51. The summed E-state index contributed by atoms with van der Waals surface area (Å²) in [6.07, 6.45) is 48.7. The van der Waals surface area contributed by atoms with Crippen molar-refractivity contribution in [2.45, 2.75) is 206 Å². The van der Waals surface area contributed by atoms with Crippen LogP contribution >= 0.6 is 0 Å². The summed E-state index contributed by atoms with van der Waals surface area (Å²) in [5, 5.41) is 0. The number of rotatable bonds is 36. The van der Waals surface area contributed by atoms with E-state index in [1.54, 1.807) is 0 Å². The van der Waals surface area contributed by atoms with E-state index in [0.717, 1.165) is 26.1 Å². The Bertz CT molecular complexity index is 599. The van der Waals surface area contributed by atoms with E-state index in [1.165, 1.54) is 180 Å². The molecule has 0 heterocycles. The molecule has 0 N–H and O–H groups in total. The first-order valence-electron chi connectivity index (χ1n) is 20.3. The molecule has 0 aliphatic heterocycles. The molecular formula is C42H82N2O. The predicted molar refractivity (Wildman–Crippen MR) is 203 cm³/mol. The fourth-order valence-corrected chi connectivity index (χ4v) is 6.17. The van der Waals surface area contributed by atoms with Crippen molar-refractivity contribution < 1.29 is 4.79 Å². The summed E-state index contributed by atoms with van der Waals surface area (Å²) < 4.78 is 0. The topological polar surface area (TPSA) is 23.6 Å². The van der Waals surface area contributed by atoms with Gasteiger partial charge in [0.15, 0.2) is 0 Å². The van der Waals surface area contributed by atoms with Gasteiger partial charge in [0.2, 0.25) is 5.91 Å². The van der Waals surface area contributed by atoms with Crippen LogP contribution in [0, 0.1) is 0 Å². The zero-order valence-corrected chi connectivity index (χ0v) is 31.4. The van der Waals surface area contributed by atoms with Gasteiger partial charge in [0.05, 0.1) is 0 Å². The number of nitrogens with zero attached hydrogens (tertiary/aromatic N) is 2. The first kappa shape index (κ1) is 43.9. The fourth-order valence-electron chi connectivity index (χ4n) is 6.17. The molecule has 0 bridgehead atoms. The second-order valence-electron chi connectivity index (χ2n) is 14.2. The highest BCUT2D eigenvalue weighted by atomic mass is 16.2. The minimum absolute atomic E-state index is 0.386. The van der Waals surface area contributed by atoms with Gasteiger partial charge in [-0.1, -0.05) is 154 Å². The lowest BCUT2D eigenvalue weighted by molar-refractivity contribution is -0.131. The molecule has 266 valence electrons. The molecule has 0 aromatic carbocycles. The van der Waals surface area contributed by atoms with Gasteiger partial charge >= 0.3 is 0 Å². The van der Waals surface area contributed by atoms with Gasteiger partial charge in [-0.25, -0.2) is 0 Å². The molecule has 0 saturated heterocycles. The maximum absolute atomic E-state index is 13.0. The third-order valence-corrected chi connectivity index (χ3v) is 9.23. The molecule has 45 heavy (non-hydrogen) atoms. The van der Waals surface area contributed by atoms with Crippen LogP contribution < -0.4 is 0 Å². The summed E-state index contributed by atoms with van der Waals surface area (Å²) in [5.41, 5.74) is 0. The normalized spacial score (nSPS) is 11.9. The Balaban J connectivity index is 3.91. The van der Waals surface area contributed by atoms with Gasteiger partial charge in [0, 0.05) is 19.5 Å². The van der Waals surface area contributed by atoms with Crippen LogP contribution in [0.2, 0.25) is 0 Å². The monoisotopic (exact) mass is 631 g/mol. The number of allylic oxidation sites excluding steroid dienone is 4. The van der Waals surface area contributed by atoms with Crippen molar-refractivity contribution in [2.75, 3.05) is 33.7 Å². The first-order valence-corrected chi connectivity index (χ1v) is 20.3. The third-order valence-electron chi connectivity index (χ3n) is 9.23. The standard InChI is InChI=1S/C42H82N2O/c1-5-7-9-11-13-15-17-19-21-23-25-27-29-31-33-35-40-44(42(45)38-37-39-43(3)4)41-36-34-32-30-28-26-24-22-20-18-16-14-12-10-8-6-2/h19-22H,5-18,23-41H2,1-4H3/b21-19-,22-20-. The van der Waals surface area contributed by atoms with E-state index in [4.69, 9.17) is 0 Å². The Labute approximate surface area is 284 Å². The lowest BCUT2D eigenvalue weighted by Gasteiger charge is -2.23. The highest BCUT2D eigenvalue weighted by Gasteiger charge is 2.12. The molecule has 0 fully saturated rings. The maximum Gasteiger partial charge on any atom is 0.222 e. The molecule has 0 radical (unpaired) electrons. The highest BCUT2D eigenvalue weighted by Crippen LogP contribution is 2.13. The molecule has 0 aliphatic rings. The van der Waals surface area contributed by atoms with Crippen LogP contribution in [0.4, 0.5) is 0 Å². The van der Waals surface area contributed by atoms with Crippen LogP contribution in [0.5, 0.6) is 0 Å². The minimum atomic E-state index is 0.386. The maximum atomic E-state index is 13.0. The molecular weight excluding hydrogens is 548 g/mol. The fraction of sp³-hybridized carbons (Fsp3) is 0.881. The second kappa shape index (κ2) is 37.4. The summed E-state index contributed by atoms with van der Waals surface area (Å²) in [6, 6.07) is 0. The smallest absolute Gasteiger partial charge is 0.222 e. The molecule has 0 unspecified atom stereocenters. The average molecular weight is 631 g/mol. The van der Waals surface area contributed by atoms with Gasteiger partial charge in [0.25, 0.3) is 0 Å². The third kappa shape index (κ3) is 35.6. The molecule has 3 nitrogen and oxygen atoms in total. The van der Waals surface area contributed by atoms with Gasteiger partial charge in [-0.3, -0.25) is 4.79 Å². The predicted octanol–water partition coefficient (Wildman–Crippen LogP) is 13.2. The molecule has 0 rings (SSSR count). The Kier molecular flexibility index (Phi) is 36.5. The number of hydrogen-bond acceptors (Lipinski definition) is 2. The van der Waals surface area contributed by atoms with Crippen molar-refractivity contribution in [1.29, 1.82) is 0 Å². The van der Waals surface area contributed by atoms with Gasteiger partial charge in [-0.15, -0.1) is 0 Å². The number of hydrogen-bond donors (Lipinski definition) is 0. The molecule has 1 amide bonds. The Morgan fingerprint density at radius 1 is 0.400 bits per heavy atom. The lowest BCUT2D eigenvalue weighted by Crippen LogP contribution is -2.33. The highest BCUT2D eigenvalue weighted by molar-refractivity contribution is 5.76. The molecule has 3 heteroatoms. The Hall–Kier alpha value is -1.09. The first-order chi connectivity index (χ1) is 22.1. The van der Waals surface area contributed by atoms with Crippen LogP contribution in [-0.2, 0) is 4.79 Å². The van der Waals surface area contributed by atoms with Crippen molar-refractivity contribution in [3.05, 3.63) is 24.3 Å². The van der Waals surface area contributed by atoms with E-state index in [2.05, 4.69) is 62.0 Å². The van der Waals surface area contributed by atoms with E-state index in [0.29, 0.717) is 12.3 Å². The van der Waals surface area contributed by atoms with E-state index in [9.17, 15) is 4.79 Å². The molecule has 0 atom stereocenters. The van der Waals surface area contributed by atoms with E-state index < -0.39 is 0 Å². The Morgan fingerprint density at radius 3 is 1.04 bits per heavy atom. The van der Waals surface area contributed by atoms with Crippen LogP contribution in [-0.4, -0.2) is 49.4 Å². The Morgan fingerprint density at radius 2 is 0.711 bits per heavy atom. The van der Waals surface area contributed by atoms with Gasteiger partial charge < -0.3 is 9.80 Å². The van der Waals surface area contributed by atoms with Gasteiger partial charge in [-0.05, 0) is 91.3 Å². The quantitative estimate of drug-likeness (QED) is 0.0508. The van der Waals surface area contributed by atoms with Crippen LogP contribution in [0.25, 0.3) is 0 Å². The SMILES string of the molecule is CCCCCCCC/C=C\CCCCCCCCN(CCCCCCCC/C=C\CCCCCCCC)C(=O)CCCN(C)C. The number of unbranched alkanes of at least 4 members (excludes halogenated alkanes) is 24. The van der Waals surface area contributed by atoms with E-state index in [-0.39, 0.29) is 0 Å². The van der Waals surface area contributed by atoms with Crippen molar-refractivity contribution in [1.82, 2.24) is 9.80 Å². The molecule has 0 aromatic heterocycles. The van der Waals surface area contributed by atoms with Crippen LogP contribution in [0.1, 0.15) is 206 Å². The summed E-state index contributed by atoms with van der Waals surface area (Å²) in [4.78, 5) is 17.4.